The predicted octanol–water partition coefficient (Wildman–Crippen LogP) is 2.57. The third-order valence-corrected chi connectivity index (χ3v) is 5.89. The van der Waals surface area contributed by atoms with Gasteiger partial charge >= 0.3 is 0 Å². The molecule has 0 radical (unpaired) electrons. The van der Waals surface area contributed by atoms with Gasteiger partial charge in [-0.05, 0) is 57.2 Å². The third kappa shape index (κ3) is 3.78. The van der Waals surface area contributed by atoms with Crippen LogP contribution in [0.25, 0.3) is 0 Å². The standard InChI is InChI=1S/C21H31N3O2/c1-14(2)23-11-9-22-21(26)19(23)13-20(25)24-10-5-6-18(24)17-8-7-15(3)16(4)12-17/h7-8,12,14,18-19H,5-6,9-11,13H2,1-4H3,(H,22,26)/t18-,19-/m0/s1. The number of rotatable bonds is 4. The summed E-state index contributed by atoms with van der Waals surface area (Å²) in [7, 11) is 0. The van der Waals surface area contributed by atoms with E-state index in [-0.39, 0.29) is 36.4 Å². The zero-order valence-corrected chi connectivity index (χ0v) is 16.4. The van der Waals surface area contributed by atoms with Gasteiger partial charge in [0, 0.05) is 25.7 Å². The average molecular weight is 357 g/mol. The average Bonchev–Trinajstić information content (AvgIpc) is 3.08. The van der Waals surface area contributed by atoms with Crippen molar-refractivity contribution in [3.05, 3.63) is 34.9 Å². The number of carbonyl (C=O) groups excluding carboxylic acids is 2. The number of piperazine rings is 1. The van der Waals surface area contributed by atoms with Crippen molar-refractivity contribution in [1.29, 1.82) is 0 Å². The zero-order chi connectivity index (χ0) is 18.8. The molecule has 0 unspecified atom stereocenters. The van der Waals surface area contributed by atoms with Gasteiger partial charge in [-0.2, -0.15) is 0 Å². The molecule has 5 heteroatoms. The molecule has 2 aliphatic heterocycles. The fraction of sp³-hybridized carbons (Fsp3) is 0.619. The maximum atomic E-state index is 13.1. The highest BCUT2D eigenvalue weighted by Gasteiger charge is 2.37. The minimum Gasteiger partial charge on any atom is -0.353 e. The van der Waals surface area contributed by atoms with E-state index in [1.165, 1.54) is 16.7 Å². The van der Waals surface area contributed by atoms with Crippen molar-refractivity contribution in [3.8, 4) is 0 Å². The molecule has 2 atom stereocenters. The molecule has 0 bridgehead atoms. The first-order valence-electron chi connectivity index (χ1n) is 9.78. The van der Waals surface area contributed by atoms with E-state index in [1.807, 2.05) is 4.90 Å². The second-order valence-corrected chi connectivity index (χ2v) is 7.93. The molecule has 2 amide bonds. The Morgan fingerprint density at radius 2 is 2.00 bits per heavy atom. The maximum Gasteiger partial charge on any atom is 0.237 e. The number of hydrogen-bond donors (Lipinski definition) is 1. The molecular formula is C21H31N3O2. The van der Waals surface area contributed by atoms with Crippen molar-refractivity contribution in [2.24, 2.45) is 0 Å². The highest BCUT2D eigenvalue weighted by Crippen LogP contribution is 2.33. The van der Waals surface area contributed by atoms with Crippen LogP contribution in [0.2, 0.25) is 0 Å². The highest BCUT2D eigenvalue weighted by atomic mass is 16.2. The molecular weight excluding hydrogens is 326 g/mol. The molecule has 1 aromatic rings. The van der Waals surface area contributed by atoms with Crippen LogP contribution in [0.1, 0.15) is 55.8 Å². The van der Waals surface area contributed by atoms with E-state index in [4.69, 9.17) is 0 Å². The van der Waals surface area contributed by atoms with Gasteiger partial charge in [0.1, 0.15) is 0 Å². The number of benzene rings is 1. The van der Waals surface area contributed by atoms with Crippen LogP contribution in [-0.2, 0) is 9.59 Å². The molecule has 2 aliphatic rings. The summed E-state index contributed by atoms with van der Waals surface area (Å²) in [6.07, 6.45) is 2.29. The lowest BCUT2D eigenvalue weighted by Gasteiger charge is -2.38. The normalized spacial score (nSPS) is 24.2. The molecule has 2 heterocycles. The minimum absolute atomic E-state index is 0.0137. The van der Waals surface area contributed by atoms with Gasteiger partial charge in [-0.3, -0.25) is 14.5 Å². The molecule has 3 rings (SSSR count). The third-order valence-electron chi connectivity index (χ3n) is 5.89. The van der Waals surface area contributed by atoms with E-state index in [1.54, 1.807) is 0 Å². The molecule has 0 aromatic heterocycles. The van der Waals surface area contributed by atoms with Gasteiger partial charge < -0.3 is 10.2 Å². The summed E-state index contributed by atoms with van der Waals surface area (Å²) in [5.41, 5.74) is 3.75. The first-order valence-corrected chi connectivity index (χ1v) is 9.78. The molecule has 142 valence electrons. The lowest BCUT2D eigenvalue weighted by atomic mass is 9.99. The summed E-state index contributed by atoms with van der Waals surface area (Å²) < 4.78 is 0. The Bertz CT molecular complexity index is 686. The summed E-state index contributed by atoms with van der Waals surface area (Å²) in [4.78, 5) is 29.6. The van der Waals surface area contributed by atoms with Gasteiger partial charge in [-0.15, -0.1) is 0 Å². The molecule has 5 nitrogen and oxygen atoms in total. The topological polar surface area (TPSA) is 52.7 Å². The van der Waals surface area contributed by atoms with Gasteiger partial charge in [0.2, 0.25) is 11.8 Å². The second kappa shape index (κ2) is 7.78. The van der Waals surface area contributed by atoms with Gasteiger partial charge in [0.15, 0.2) is 0 Å². The van der Waals surface area contributed by atoms with Crippen LogP contribution in [0.3, 0.4) is 0 Å². The van der Waals surface area contributed by atoms with E-state index in [0.29, 0.717) is 6.54 Å². The van der Waals surface area contributed by atoms with Crippen LogP contribution in [-0.4, -0.2) is 53.3 Å². The van der Waals surface area contributed by atoms with E-state index in [2.05, 4.69) is 56.1 Å². The van der Waals surface area contributed by atoms with Crippen molar-refractivity contribution in [3.63, 3.8) is 0 Å². The quantitative estimate of drug-likeness (QED) is 0.901. The molecule has 1 N–H and O–H groups in total. The van der Waals surface area contributed by atoms with Gasteiger partial charge in [0.25, 0.3) is 0 Å². The Balaban J connectivity index is 1.75. The van der Waals surface area contributed by atoms with Crippen LogP contribution >= 0.6 is 0 Å². The molecule has 2 saturated heterocycles. The first-order chi connectivity index (χ1) is 12.4. The minimum atomic E-state index is -0.350. The van der Waals surface area contributed by atoms with Crippen molar-refractivity contribution in [2.75, 3.05) is 19.6 Å². The smallest absolute Gasteiger partial charge is 0.237 e. The molecule has 2 fully saturated rings. The van der Waals surface area contributed by atoms with Gasteiger partial charge in [0.05, 0.1) is 18.5 Å². The molecule has 0 aliphatic carbocycles. The molecule has 1 aromatic carbocycles. The summed E-state index contributed by atoms with van der Waals surface area (Å²) in [5.74, 6) is 0.0821. The number of likely N-dealkylation sites (tertiary alicyclic amines) is 1. The van der Waals surface area contributed by atoms with Crippen LogP contribution in [0.5, 0.6) is 0 Å². The van der Waals surface area contributed by atoms with Crippen molar-refractivity contribution in [2.45, 2.75) is 65.1 Å². The fourth-order valence-electron chi connectivity index (χ4n) is 4.23. The van der Waals surface area contributed by atoms with Crippen molar-refractivity contribution < 1.29 is 9.59 Å². The lowest BCUT2D eigenvalue weighted by molar-refractivity contribution is -0.140. The SMILES string of the molecule is Cc1ccc([C@@H]2CCCN2C(=O)C[C@H]2C(=O)NCCN2C(C)C)cc1C. The number of nitrogens with one attached hydrogen (secondary N) is 1. The fourth-order valence-corrected chi connectivity index (χ4v) is 4.23. The Morgan fingerprint density at radius 1 is 1.23 bits per heavy atom. The zero-order valence-electron chi connectivity index (χ0n) is 16.4. The van der Waals surface area contributed by atoms with Gasteiger partial charge in [-0.1, -0.05) is 18.2 Å². The lowest BCUT2D eigenvalue weighted by Crippen LogP contribution is -2.58. The number of aryl methyl sites for hydroxylation is 2. The van der Waals surface area contributed by atoms with E-state index < -0.39 is 0 Å². The number of amides is 2. The highest BCUT2D eigenvalue weighted by molar-refractivity contribution is 5.89. The molecule has 26 heavy (non-hydrogen) atoms. The van der Waals surface area contributed by atoms with Crippen molar-refractivity contribution in [1.82, 2.24) is 15.1 Å². The largest absolute Gasteiger partial charge is 0.353 e. The van der Waals surface area contributed by atoms with Crippen LogP contribution < -0.4 is 5.32 Å². The second-order valence-electron chi connectivity index (χ2n) is 7.93. The Hall–Kier alpha value is -1.88. The van der Waals surface area contributed by atoms with E-state index >= 15 is 0 Å². The molecule has 0 saturated carbocycles. The summed E-state index contributed by atoms with van der Waals surface area (Å²) in [6, 6.07) is 6.54. The first kappa shape index (κ1) is 18.9. The van der Waals surface area contributed by atoms with E-state index in [9.17, 15) is 9.59 Å². The number of carbonyl (C=O) groups is 2. The van der Waals surface area contributed by atoms with Crippen LogP contribution in [0.15, 0.2) is 18.2 Å². The van der Waals surface area contributed by atoms with E-state index in [0.717, 1.165) is 25.9 Å². The summed E-state index contributed by atoms with van der Waals surface area (Å²) in [5, 5.41) is 2.92. The Labute approximate surface area is 156 Å². The number of hydrogen-bond acceptors (Lipinski definition) is 3. The predicted molar refractivity (Wildman–Crippen MR) is 103 cm³/mol. The summed E-state index contributed by atoms with van der Waals surface area (Å²) >= 11 is 0. The number of nitrogens with zero attached hydrogens (tertiary/aromatic N) is 2. The monoisotopic (exact) mass is 357 g/mol. The van der Waals surface area contributed by atoms with Crippen LogP contribution in [0.4, 0.5) is 0 Å². The Morgan fingerprint density at radius 3 is 2.69 bits per heavy atom. The Kier molecular flexibility index (Phi) is 5.66. The van der Waals surface area contributed by atoms with Gasteiger partial charge in [-0.25, -0.2) is 0 Å². The molecule has 0 spiro atoms. The maximum absolute atomic E-state index is 13.1. The summed E-state index contributed by atoms with van der Waals surface area (Å²) in [6.45, 7) is 10.7. The van der Waals surface area contributed by atoms with Crippen molar-refractivity contribution >= 4 is 11.8 Å². The van der Waals surface area contributed by atoms with Crippen LogP contribution in [0, 0.1) is 13.8 Å².